The Morgan fingerprint density at radius 1 is 1.11 bits per heavy atom. The van der Waals surface area contributed by atoms with Crippen LogP contribution in [0.1, 0.15) is 11.3 Å². The first-order valence-corrected chi connectivity index (χ1v) is 7.83. The van der Waals surface area contributed by atoms with Gasteiger partial charge in [-0.15, -0.1) is 0 Å². The van der Waals surface area contributed by atoms with Crippen LogP contribution in [0.2, 0.25) is 0 Å². The Kier molecular flexibility index (Phi) is 5.25. The van der Waals surface area contributed by atoms with Gasteiger partial charge < -0.3 is 9.47 Å². The van der Waals surface area contributed by atoms with Gasteiger partial charge in [-0.3, -0.25) is 10.1 Å². The zero-order valence-corrected chi connectivity index (χ0v) is 14.1. The Balaban J connectivity index is 1.98. The van der Waals surface area contributed by atoms with Gasteiger partial charge in [0, 0.05) is 11.6 Å². The van der Waals surface area contributed by atoms with E-state index in [1.165, 1.54) is 19.2 Å². The fourth-order valence-corrected chi connectivity index (χ4v) is 2.62. The molecule has 27 heavy (non-hydrogen) atoms. The highest BCUT2D eigenvalue weighted by Gasteiger charge is 2.14. The van der Waals surface area contributed by atoms with E-state index in [2.05, 4.69) is 9.72 Å². The van der Waals surface area contributed by atoms with Crippen molar-refractivity contribution in [3.63, 3.8) is 0 Å². The van der Waals surface area contributed by atoms with Crippen LogP contribution in [0, 0.1) is 10.1 Å². The summed E-state index contributed by atoms with van der Waals surface area (Å²) in [7, 11) is 1.36. The lowest BCUT2D eigenvalue weighted by molar-refractivity contribution is -0.383. The van der Waals surface area contributed by atoms with Crippen molar-refractivity contribution in [1.82, 2.24) is 4.98 Å². The van der Waals surface area contributed by atoms with Gasteiger partial charge in [-0.05, 0) is 36.4 Å². The molecule has 1 heterocycles. The molecule has 0 saturated carbocycles. The minimum atomic E-state index is -2.99. The van der Waals surface area contributed by atoms with Crippen molar-refractivity contribution >= 4 is 28.7 Å². The molecule has 1 aromatic heterocycles. The number of fused-ring (bicyclic) bond motifs is 1. The van der Waals surface area contributed by atoms with Gasteiger partial charge in [-0.25, -0.2) is 4.98 Å². The number of non-ortho nitro benzene ring substituents is 1. The van der Waals surface area contributed by atoms with Crippen LogP contribution in [0.25, 0.3) is 23.1 Å². The van der Waals surface area contributed by atoms with Gasteiger partial charge in [-0.2, -0.15) is 8.78 Å². The molecule has 0 radical (unpaired) electrons. The van der Waals surface area contributed by atoms with Crippen molar-refractivity contribution in [3.8, 4) is 11.5 Å². The highest BCUT2D eigenvalue weighted by Crippen LogP contribution is 2.33. The summed E-state index contributed by atoms with van der Waals surface area (Å²) in [6.07, 6.45) is 3.16. The number of hydrogen-bond acceptors (Lipinski definition) is 5. The number of nitro groups is 1. The fourth-order valence-electron chi connectivity index (χ4n) is 2.62. The predicted molar refractivity (Wildman–Crippen MR) is 97.0 cm³/mol. The summed E-state index contributed by atoms with van der Waals surface area (Å²) < 4.78 is 35.0. The number of pyridine rings is 1. The normalized spacial score (nSPS) is 11.3. The van der Waals surface area contributed by atoms with E-state index in [0.29, 0.717) is 22.2 Å². The van der Waals surface area contributed by atoms with Gasteiger partial charge in [0.2, 0.25) is 0 Å². The molecule has 0 atom stereocenters. The van der Waals surface area contributed by atoms with Crippen LogP contribution in [0.4, 0.5) is 14.5 Å². The number of aromatic nitrogens is 1. The van der Waals surface area contributed by atoms with E-state index in [9.17, 15) is 18.9 Å². The summed E-state index contributed by atoms with van der Waals surface area (Å²) in [5, 5.41) is 11.5. The minimum Gasteiger partial charge on any atom is -0.493 e. The molecule has 2 aromatic carbocycles. The van der Waals surface area contributed by atoms with Crippen LogP contribution >= 0.6 is 0 Å². The molecule has 0 bridgehead atoms. The number of hydrogen-bond donors (Lipinski definition) is 0. The number of nitro benzene ring substituents is 1. The summed E-state index contributed by atoms with van der Waals surface area (Å²) in [5.41, 5.74) is 1.32. The smallest absolute Gasteiger partial charge is 0.387 e. The van der Waals surface area contributed by atoms with Crippen molar-refractivity contribution in [3.05, 3.63) is 69.9 Å². The molecular formula is C19H14F2N2O4. The number of nitrogens with zero attached hydrogens (tertiary/aromatic N) is 2. The number of halogens is 2. The number of alkyl halides is 2. The molecule has 3 rings (SSSR count). The topological polar surface area (TPSA) is 74.5 Å². The molecule has 0 aliphatic carbocycles. The van der Waals surface area contributed by atoms with Crippen LogP contribution in [-0.2, 0) is 0 Å². The molecule has 0 amide bonds. The third kappa shape index (κ3) is 4.00. The maximum absolute atomic E-state index is 12.7. The van der Waals surface area contributed by atoms with Crippen LogP contribution in [0.15, 0.2) is 48.5 Å². The Morgan fingerprint density at radius 3 is 2.59 bits per heavy atom. The molecular weight excluding hydrogens is 358 g/mol. The van der Waals surface area contributed by atoms with E-state index in [4.69, 9.17) is 4.74 Å². The largest absolute Gasteiger partial charge is 0.493 e. The minimum absolute atomic E-state index is 0.0315. The van der Waals surface area contributed by atoms with E-state index in [0.717, 1.165) is 0 Å². The summed E-state index contributed by atoms with van der Waals surface area (Å²) in [6, 6.07) is 12.6. The molecule has 0 aliphatic rings. The second kappa shape index (κ2) is 7.77. The van der Waals surface area contributed by atoms with Gasteiger partial charge in [0.05, 0.1) is 28.6 Å². The molecule has 0 spiro atoms. The summed E-state index contributed by atoms with van der Waals surface area (Å²) in [4.78, 5) is 15.0. The lowest BCUT2D eigenvalue weighted by Gasteiger charge is -2.12. The average Bonchev–Trinajstić information content (AvgIpc) is 2.65. The average molecular weight is 372 g/mol. The van der Waals surface area contributed by atoms with Gasteiger partial charge in [-0.1, -0.05) is 18.2 Å². The standard InChI is InChI=1S/C19H14F2N2O4/c1-26-17-7-2-4-12(18(17)27-19(20)21)8-9-13-10-11-14-15(22-13)5-3-6-16(14)23(24)25/h2-11,19H,1H3/b9-8+. The van der Waals surface area contributed by atoms with E-state index < -0.39 is 11.5 Å². The maximum atomic E-state index is 12.7. The Hall–Kier alpha value is -3.55. The van der Waals surface area contributed by atoms with Crippen molar-refractivity contribution in [2.45, 2.75) is 6.61 Å². The van der Waals surface area contributed by atoms with Crippen molar-refractivity contribution < 1.29 is 23.2 Å². The molecule has 138 valence electrons. The first-order valence-electron chi connectivity index (χ1n) is 7.83. The molecule has 8 heteroatoms. The number of rotatable bonds is 6. The van der Waals surface area contributed by atoms with Crippen LogP contribution in [-0.4, -0.2) is 23.6 Å². The highest BCUT2D eigenvalue weighted by molar-refractivity contribution is 5.89. The van der Waals surface area contributed by atoms with Gasteiger partial charge in [0.15, 0.2) is 11.5 Å². The number of benzene rings is 2. The Bertz CT molecular complexity index is 1020. The van der Waals surface area contributed by atoms with Gasteiger partial charge in [0.1, 0.15) is 0 Å². The number of methoxy groups -OCH3 is 1. The highest BCUT2D eigenvalue weighted by atomic mass is 19.3. The van der Waals surface area contributed by atoms with Crippen molar-refractivity contribution in [1.29, 1.82) is 0 Å². The van der Waals surface area contributed by atoms with Crippen molar-refractivity contribution in [2.24, 2.45) is 0 Å². The third-order valence-corrected chi connectivity index (χ3v) is 3.80. The SMILES string of the molecule is COc1cccc(/C=C/c2ccc3c([N+](=O)[O-])cccc3n2)c1OC(F)F. The summed E-state index contributed by atoms with van der Waals surface area (Å²) in [5.74, 6) is 0.0993. The monoisotopic (exact) mass is 372 g/mol. The molecule has 0 aliphatic heterocycles. The third-order valence-electron chi connectivity index (χ3n) is 3.80. The first kappa shape index (κ1) is 18.2. The molecule has 0 N–H and O–H groups in total. The molecule has 3 aromatic rings. The van der Waals surface area contributed by atoms with Gasteiger partial charge in [0.25, 0.3) is 5.69 Å². The lowest BCUT2D eigenvalue weighted by atomic mass is 10.1. The Labute approximate surface area is 152 Å². The van der Waals surface area contributed by atoms with E-state index in [-0.39, 0.29) is 17.2 Å². The second-order valence-corrected chi connectivity index (χ2v) is 5.43. The molecule has 6 nitrogen and oxygen atoms in total. The second-order valence-electron chi connectivity index (χ2n) is 5.43. The van der Waals surface area contributed by atoms with Crippen LogP contribution < -0.4 is 9.47 Å². The molecule has 0 unspecified atom stereocenters. The lowest BCUT2D eigenvalue weighted by Crippen LogP contribution is -2.04. The fraction of sp³-hybridized carbons (Fsp3) is 0.105. The van der Waals surface area contributed by atoms with Crippen LogP contribution in [0.5, 0.6) is 11.5 Å². The maximum Gasteiger partial charge on any atom is 0.387 e. The zero-order valence-electron chi connectivity index (χ0n) is 14.1. The van der Waals surface area contributed by atoms with E-state index in [1.807, 2.05) is 0 Å². The Morgan fingerprint density at radius 2 is 1.89 bits per heavy atom. The summed E-state index contributed by atoms with van der Waals surface area (Å²) in [6.45, 7) is -2.99. The molecule has 0 fully saturated rings. The predicted octanol–water partition coefficient (Wildman–Crippen LogP) is 4.92. The van der Waals surface area contributed by atoms with Crippen LogP contribution in [0.3, 0.4) is 0 Å². The first-order chi connectivity index (χ1) is 13.0. The summed E-state index contributed by atoms with van der Waals surface area (Å²) >= 11 is 0. The number of para-hydroxylation sites is 1. The van der Waals surface area contributed by atoms with Gasteiger partial charge >= 0.3 is 6.61 Å². The van der Waals surface area contributed by atoms with E-state index >= 15 is 0 Å². The van der Waals surface area contributed by atoms with Crippen molar-refractivity contribution in [2.75, 3.05) is 7.11 Å². The number of ether oxygens (including phenoxy) is 2. The zero-order chi connectivity index (χ0) is 19.4. The quantitative estimate of drug-likeness (QED) is 0.453. The van der Waals surface area contributed by atoms with E-state index in [1.54, 1.807) is 48.6 Å². The molecule has 0 saturated heterocycles.